The SMILES string of the molecule is C=CCN(CC)C(=O)CN1C(=O)c2ccccc2C1=O. The molecule has 104 valence electrons. The van der Waals surface area contributed by atoms with Crippen molar-refractivity contribution in [1.29, 1.82) is 0 Å². The maximum absolute atomic E-state index is 12.1. The predicted octanol–water partition coefficient (Wildman–Crippen LogP) is 1.32. The van der Waals surface area contributed by atoms with Gasteiger partial charge in [-0.15, -0.1) is 6.58 Å². The number of hydrogen-bond donors (Lipinski definition) is 0. The number of nitrogens with zero attached hydrogens (tertiary/aromatic N) is 2. The maximum Gasteiger partial charge on any atom is 0.262 e. The van der Waals surface area contributed by atoms with Crippen LogP contribution in [-0.2, 0) is 4.79 Å². The van der Waals surface area contributed by atoms with Crippen LogP contribution in [0.25, 0.3) is 0 Å². The second-order valence-corrected chi connectivity index (χ2v) is 4.46. The largest absolute Gasteiger partial charge is 0.338 e. The van der Waals surface area contributed by atoms with E-state index >= 15 is 0 Å². The number of likely N-dealkylation sites (N-methyl/N-ethyl adjacent to an activating group) is 1. The molecule has 1 heterocycles. The molecular weight excluding hydrogens is 256 g/mol. The summed E-state index contributed by atoms with van der Waals surface area (Å²) in [6.07, 6.45) is 1.61. The van der Waals surface area contributed by atoms with Crippen molar-refractivity contribution in [2.45, 2.75) is 6.92 Å². The van der Waals surface area contributed by atoms with Gasteiger partial charge in [-0.05, 0) is 19.1 Å². The molecule has 0 aliphatic carbocycles. The molecule has 0 saturated heterocycles. The van der Waals surface area contributed by atoms with Crippen LogP contribution in [-0.4, -0.2) is 47.2 Å². The van der Waals surface area contributed by atoms with Gasteiger partial charge in [0.2, 0.25) is 5.91 Å². The third-order valence-electron chi connectivity index (χ3n) is 3.26. The van der Waals surface area contributed by atoms with E-state index in [1.807, 2.05) is 6.92 Å². The average Bonchev–Trinajstić information content (AvgIpc) is 2.70. The average molecular weight is 272 g/mol. The lowest BCUT2D eigenvalue weighted by molar-refractivity contribution is -0.130. The van der Waals surface area contributed by atoms with Crippen molar-refractivity contribution in [2.24, 2.45) is 0 Å². The molecule has 1 aromatic rings. The molecule has 1 aliphatic rings. The van der Waals surface area contributed by atoms with Gasteiger partial charge in [0, 0.05) is 13.1 Å². The minimum atomic E-state index is -0.409. The van der Waals surface area contributed by atoms with Gasteiger partial charge in [-0.3, -0.25) is 19.3 Å². The third-order valence-corrected chi connectivity index (χ3v) is 3.26. The van der Waals surface area contributed by atoms with Gasteiger partial charge in [0.15, 0.2) is 0 Å². The van der Waals surface area contributed by atoms with Crippen LogP contribution < -0.4 is 0 Å². The number of amides is 3. The summed E-state index contributed by atoms with van der Waals surface area (Å²) in [6, 6.07) is 6.60. The van der Waals surface area contributed by atoms with Gasteiger partial charge in [0.05, 0.1) is 11.1 Å². The first-order valence-corrected chi connectivity index (χ1v) is 6.44. The highest BCUT2D eigenvalue weighted by Crippen LogP contribution is 2.22. The summed E-state index contributed by atoms with van der Waals surface area (Å²) in [6.45, 7) is 6.10. The Bertz CT molecular complexity index is 545. The Labute approximate surface area is 117 Å². The molecule has 0 unspecified atom stereocenters. The van der Waals surface area contributed by atoms with Crippen molar-refractivity contribution in [3.8, 4) is 0 Å². The van der Waals surface area contributed by atoms with Gasteiger partial charge < -0.3 is 4.90 Å². The Hall–Kier alpha value is -2.43. The van der Waals surface area contributed by atoms with Crippen LogP contribution in [0.2, 0.25) is 0 Å². The Balaban J connectivity index is 2.16. The van der Waals surface area contributed by atoms with Crippen molar-refractivity contribution in [3.63, 3.8) is 0 Å². The quantitative estimate of drug-likeness (QED) is 0.600. The van der Waals surface area contributed by atoms with Crippen LogP contribution in [0.1, 0.15) is 27.6 Å². The number of benzene rings is 1. The number of rotatable bonds is 5. The number of fused-ring (bicyclic) bond motifs is 1. The summed E-state index contributed by atoms with van der Waals surface area (Å²) in [4.78, 5) is 38.9. The topological polar surface area (TPSA) is 57.7 Å². The second kappa shape index (κ2) is 5.69. The first-order chi connectivity index (χ1) is 9.60. The second-order valence-electron chi connectivity index (χ2n) is 4.46. The fraction of sp³-hybridized carbons (Fsp3) is 0.267. The lowest BCUT2D eigenvalue weighted by Crippen LogP contribution is -2.42. The van der Waals surface area contributed by atoms with Crippen molar-refractivity contribution in [3.05, 3.63) is 48.0 Å². The van der Waals surface area contributed by atoms with Crippen molar-refractivity contribution >= 4 is 17.7 Å². The maximum atomic E-state index is 12.1. The van der Waals surface area contributed by atoms with Crippen LogP contribution >= 0.6 is 0 Å². The van der Waals surface area contributed by atoms with E-state index in [-0.39, 0.29) is 12.5 Å². The highest BCUT2D eigenvalue weighted by Gasteiger charge is 2.36. The lowest BCUT2D eigenvalue weighted by atomic mass is 10.1. The first kappa shape index (κ1) is 14.0. The normalized spacial score (nSPS) is 13.3. The molecule has 0 aromatic heterocycles. The van der Waals surface area contributed by atoms with E-state index in [4.69, 9.17) is 0 Å². The van der Waals surface area contributed by atoms with Gasteiger partial charge in [-0.1, -0.05) is 18.2 Å². The Kier molecular flexibility index (Phi) is 3.98. The number of carbonyl (C=O) groups excluding carboxylic acids is 3. The lowest BCUT2D eigenvalue weighted by Gasteiger charge is -2.22. The molecule has 3 amide bonds. The van der Waals surface area contributed by atoms with Crippen molar-refractivity contribution in [1.82, 2.24) is 9.80 Å². The smallest absolute Gasteiger partial charge is 0.262 e. The standard InChI is InChI=1S/C15H16N2O3/c1-3-9-16(4-2)13(18)10-17-14(19)11-7-5-6-8-12(11)15(17)20/h3,5-8H,1,4,9-10H2,2H3. The van der Waals surface area contributed by atoms with E-state index in [0.717, 1.165) is 4.90 Å². The monoisotopic (exact) mass is 272 g/mol. The summed E-state index contributed by atoms with van der Waals surface area (Å²) in [5.74, 6) is -1.08. The number of hydrogen-bond acceptors (Lipinski definition) is 3. The van der Waals surface area contributed by atoms with E-state index in [2.05, 4.69) is 6.58 Å². The van der Waals surface area contributed by atoms with Gasteiger partial charge in [0.1, 0.15) is 6.54 Å². The molecule has 0 saturated carbocycles. The van der Waals surface area contributed by atoms with Crippen LogP contribution in [0.15, 0.2) is 36.9 Å². The predicted molar refractivity (Wildman–Crippen MR) is 74.3 cm³/mol. The van der Waals surface area contributed by atoms with Gasteiger partial charge in [-0.2, -0.15) is 0 Å². The van der Waals surface area contributed by atoms with Gasteiger partial charge in [-0.25, -0.2) is 0 Å². The van der Waals surface area contributed by atoms with Crippen LogP contribution in [0.4, 0.5) is 0 Å². The highest BCUT2D eigenvalue weighted by molar-refractivity contribution is 6.22. The van der Waals surface area contributed by atoms with E-state index in [1.165, 1.54) is 4.90 Å². The fourth-order valence-electron chi connectivity index (χ4n) is 2.18. The first-order valence-electron chi connectivity index (χ1n) is 6.44. The molecule has 5 nitrogen and oxygen atoms in total. The van der Waals surface area contributed by atoms with Crippen molar-refractivity contribution < 1.29 is 14.4 Å². The molecule has 0 fully saturated rings. The van der Waals surface area contributed by atoms with Crippen LogP contribution in [0.3, 0.4) is 0 Å². The summed E-state index contributed by atoms with van der Waals surface area (Å²) in [5, 5.41) is 0. The summed E-state index contributed by atoms with van der Waals surface area (Å²) in [5.41, 5.74) is 0.717. The van der Waals surface area contributed by atoms with Crippen LogP contribution in [0.5, 0.6) is 0 Å². The molecular formula is C15H16N2O3. The zero-order valence-electron chi connectivity index (χ0n) is 11.3. The molecule has 0 bridgehead atoms. The molecule has 5 heteroatoms. The van der Waals surface area contributed by atoms with E-state index in [9.17, 15) is 14.4 Å². The van der Waals surface area contributed by atoms with Gasteiger partial charge in [0.25, 0.3) is 11.8 Å². The summed E-state index contributed by atoms with van der Waals surface area (Å²) >= 11 is 0. The number of imide groups is 1. The molecule has 0 spiro atoms. The fourth-order valence-corrected chi connectivity index (χ4v) is 2.18. The number of carbonyl (C=O) groups is 3. The van der Waals surface area contributed by atoms with E-state index < -0.39 is 11.8 Å². The Morgan fingerprint density at radius 3 is 2.25 bits per heavy atom. The molecule has 0 N–H and O–H groups in total. The molecule has 1 aliphatic heterocycles. The molecule has 0 atom stereocenters. The molecule has 20 heavy (non-hydrogen) atoms. The minimum Gasteiger partial charge on any atom is -0.338 e. The zero-order valence-corrected chi connectivity index (χ0v) is 11.3. The highest BCUT2D eigenvalue weighted by atomic mass is 16.2. The van der Waals surface area contributed by atoms with Crippen LogP contribution in [0, 0.1) is 0 Å². The van der Waals surface area contributed by atoms with Crippen molar-refractivity contribution in [2.75, 3.05) is 19.6 Å². The summed E-state index contributed by atoms with van der Waals surface area (Å²) in [7, 11) is 0. The van der Waals surface area contributed by atoms with E-state index in [0.29, 0.717) is 24.2 Å². The minimum absolute atomic E-state index is 0.228. The van der Waals surface area contributed by atoms with E-state index in [1.54, 1.807) is 30.3 Å². The summed E-state index contributed by atoms with van der Waals surface area (Å²) < 4.78 is 0. The molecule has 1 aromatic carbocycles. The molecule has 2 rings (SSSR count). The molecule has 0 radical (unpaired) electrons. The third kappa shape index (κ3) is 2.34. The zero-order chi connectivity index (χ0) is 14.7. The van der Waals surface area contributed by atoms with Gasteiger partial charge >= 0.3 is 0 Å². The Morgan fingerprint density at radius 1 is 1.25 bits per heavy atom. The Morgan fingerprint density at radius 2 is 1.80 bits per heavy atom.